The predicted octanol–water partition coefficient (Wildman–Crippen LogP) is 3.17. The molecule has 1 heterocycles. The van der Waals surface area contributed by atoms with Gasteiger partial charge in [-0.1, -0.05) is 36.8 Å². The van der Waals surface area contributed by atoms with Crippen LogP contribution in [0.5, 0.6) is 5.75 Å². The standard InChI is InChI=1S/C17H17ClFN3O5S/c1-8(2)7-27-12-5-9(19)3-4-10(12)20-15(25)16(26)22-17-21-11(6-13(23)24)14(18)28-17/h3-5,8H,6-7H2,1-2H3,(H,20,25)(H,23,24)(H,21,22,26). The number of thiazole rings is 1. The molecule has 2 aromatic rings. The second kappa shape index (κ2) is 9.47. The number of hydrogen-bond donors (Lipinski definition) is 3. The summed E-state index contributed by atoms with van der Waals surface area (Å²) >= 11 is 6.70. The third kappa shape index (κ3) is 6.17. The van der Waals surface area contributed by atoms with E-state index in [1.54, 1.807) is 0 Å². The van der Waals surface area contributed by atoms with Gasteiger partial charge in [0.1, 0.15) is 15.9 Å². The van der Waals surface area contributed by atoms with E-state index in [-0.39, 0.29) is 32.5 Å². The molecule has 0 unspecified atom stereocenters. The lowest BCUT2D eigenvalue weighted by Crippen LogP contribution is -2.29. The number of carboxylic acids is 1. The van der Waals surface area contributed by atoms with Crippen molar-refractivity contribution in [3.63, 3.8) is 0 Å². The summed E-state index contributed by atoms with van der Waals surface area (Å²) in [5.74, 6) is -3.50. The molecule has 0 aliphatic carbocycles. The van der Waals surface area contributed by atoms with E-state index in [1.807, 2.05) is 13.8 Å². The maximum atomic E-state index is 13.5. The zero-order chi connectivity index (χ0) is 20.8. The van der Waals surface area contributed by atoms with Crippen molar-refractivity contribution in [3.8, 4) is 5.75 Å². The lowest BCUT2D eigenvalue weighted by atomic mass is 10.2. The van der Waals surface area contributed by atoms with Gasteiger partial charge in [-0.3, -0.25) is 19.7 Å². The van der Waals surface area contributed by atoms with Crippen LogP contribution in [0.15, 0.2) is 18.2 Å². The molecule has 150 valence electrons. The van der Waals surface area contributed by atoms with Crippen molar-refractivity contribution in [2.45, 2.75) is 20.3 Å². The molecule has 11 heteroatoms. The molecule has 0 aliphatic heterocycles. The van der Waals surface area contributed by atoms with E-state index in [2.05, 4.69) is 15.6 Å². The van der Waals surface area contributed by atoms with E-state index in [0.29, 0.717) is 6.61 Å². The van der Waals surface area contributed by atoms with Crippen molar-refractivity contribution in [3.05, 3.63) is 34.0 Å². The molecule has 1 aromatic heterocycles. The van der Waals surface area contributed by atoms with Crippen LogP contribution in [0, 0.1) is 11.7 Å². The number of hydrogen-bond acceptors (Lipinski definition) is 6. The summed E-state index contributed by atoms with van der Waals surface area (Å²) < 4.78 is 19.0. The first kappa shape index (κ1) is 21.6. The molecule has 0 saturated carbocycles. The average molecular weight is 430 g/mol. The maximum absolute atomic E-state index is 13.5. The monoisotopic (exact) mass is 429 g/mol. The number of aliphatic carboxylic acids is 1. The lowest BCUT2D eigenvalue weighted by Gasteiger charge is -2.13. The molecule has 0 radical (unpaired) electrons. The summed E-state index contributed by atoms with van der Waals surface area (Å²) in [7, 11) is 0. The molecule has 0 bridgehead atoms. The molecular formula is C17H17ClFN3O5S. The van der Waals surface area contributed by atoms with Gasteiger partial charge in [-0.25, -0.2) is 9.37 Å². The summed E-state index contributed by atoms with van der Waals surface area (Å²) in [6, 6.07) is 3.50. The summed E-state index contributed by atoms with van der Waals surface area (Å²) in [6.07, 6.45) is -0.413. The second-order valence-corrected chi connectivity index (χ2v) is 7.66. The first-order valence-corrected chi connectivity index (χ1v) is 9.26. The summed E-state index contributed by atoms with van der Waals surface area (Å²) in [6.45, 7) is 4.11. The first-order chi connectivity index (χ1) is 13.2. The molecule has 8 nitrogen and oxygen atoms in total. The van der Waals surface area contributed by atoms with Gasteiger partial charge in [-0.05, 0) is 18.1 Å². The Morgan fingerprint density at radius 3 is 2.61 bits per heavy atom. The number of carbonyl (C=O) groups excluding carboxylic acids is 2. The Morgan fingerprint density at radius 1 is 1.29 bits per heavy atom. The number of anilines is 2. The summed E-state index contributed by atoms with van der Waals surface area (Å²) in [4.78, 5) is 38.8. The number of halogens is 2. The molecule has 0 fully saturated rings. The van der Waals surface area contributed by atoms with Gasteiger partial charge < -0.3 is 15.2 Å². The van der Waals surface area contributed by atoms with Crippen LogP contribution in [-0.2, 0) is 20.8 Å². The molecule has 0 spiro atoms. The van der Waals surface area contributed by atoms with Gasteiger partial charge in [0.05, 0.1) is 24.4 Å². The van der Waals surface area contributed by atoms with Crippen LogP contribution in [0.25, 0.3) is 0 Å². The van der Waals surface area contributed by atoms with E-state index in [9.17, 15) is 18.8 Å². The number of rotatable bonds is 7. The minimum absolute atomic E-state index is 0.0169. The van der Waals surface area contributed by atoms with Gasteiger partial charge in [0.25, 0.3) is 0 Å². The Bertz CT molecular complexity index is 903. The molecule has 0 saturated heterocycles. The lowest BCUT2D eigenvalue weighted by molar-refractivity contribution is -0.136. The highest BCUT2D eigenvalue weighted by Gasteiger charge is 2.20. The molecule has 2 rings (SSSR count). The van der Waals surface area contributed by atoms with E-state index < -0.39 is 30.0 Å². The van der Waals surface area contributed by atoms with Crippen molar-refractivity contribution in [2.24, 2.45) is 5.92 Å². The smallest absolute Gasteiger partial charge is 0.315 e. The maximum Gasteiger partial charge on any atom is 0.315 e. The number of benzene rings is 1. The largest absolute Gasteiger partial charge is 0.491 e. The minimum atomic E-state index is -1.13. The zero-order valence-electron chi connectivity index (χ0n) is 14.9. The topological polar surface area (TPSA) is 118 Å². The SMILES string of the molecule is CC(C)COc1cc(F)ccc1NC(=O)C(=O)Nc1nc(CC(=O)O)c(Cl)s1. The van der Waals surface area contributed by atoms with E-state index >= 15 is 0 Å². The van der Waals surface area contributed by atoms with Crippen LogP contribution in [0.4, 0.5) is 15.2 Å². The van der Waals surface area contributed by atoms with Crippen LogP contribution in [0.2, 0.25) is 4.34 Å². The van der Waals surface area contributed by atoms with Gasteiger partial charge in [0.2, 0.25) is 0 Å². The van der Waals surface area contributed by atoms with E-state index in [1.165, 1.54) is 6.07 Å². The number of nitrogens with one attached hydrogen (secondary N) is 2. The number of carbonyl (C=O) groups is 3. The number of carboxylic acid groups (broad SMARTS) is 1. The van der Waals surface area contributed by atoms with Crippen LogP contribution in [0.1, 0.15) is 19.5 Å². The Balaban J connectivity index is 2.06. The second-order valence-electron chi connectivity index (χ2n) is 6.06. The average Bonchev–Trinajstić information content (AvgIpc) is 2.93. The van der Waals surface area contributed by atoms with Crippen molar-refractivity contribution in [1.29, 1.82) is 0 Å². The Morgan fingerprint density at radius 2 is 1.96 bits per heavy atom. The predicted molar refractivity (Wildman–Crippen MR) is 102 cm³/mol. The summed E-state index contributed by atoms with van der Waals surface area (Å²) in [5.41, 5.74) is 0.212. The normalized spacial score (nSPS) is 10.6. The molecule has 1 aromatic carbocycles. The van der Waals surface area contributed by atoms with Gasteiger partial charge >= 0.3 is 17.8 Å². The highest BCUT2D eigenvalue weighted by Crippen LogP contribution is 2.29. The van der Waals surface area contributed by atoms with Gasteiger partial charge in [0.15, 0.2) is 5.13 Å². The number of nitrogens with zero attached hydrogens (tertiary/aromatic N) is 1. The molecule has 0 aliphatic rings. The van der Waals surface area contributed by atoms with Crippen molar-refractivity contribution in [1.82, 2.24) is 4.98 Å². The van der Waals surface area contributed by atoms with Crippen LogP contribution in [-0.4, -0.2) is 34.5 Å². The fourth-order valence-corrected chi connectivity index (χ4v) is 2.98. The van der Waals surface area contributed by atoms with Crippen LogP contribution < -0.4 is 15.4 Å². The molecule has 2 amide bonds. The van der Waals surface area contributed by atoms with Gasteiger partial charge in [0, 0.05) is 6.07 Å². The van der Waals surface area contributed by atoms with Crippen molar-refractivity contribution >= 4 is 51.5 Å². The highest BCUT2D eigenvalue weighted by molar-refractivity contribution is 7.19. The highest BCUT2D eigenvalue weighted by atomic mass is 35.5. The van der Waals surface area contributed by atoms with Crippen LogP contribution >= 0.6 is 22.9 Å². The fraction of sp³-hybridized carbons (Fsp3) is 0.294. The Kier molecular flexibility index (Phi) is 7.30. The van der Waals surface area contributed by atoms with Gasteiger partial charge in [-0.15, -0.1) is 0 Å². The third-order valence-corrected chi connectivity index (χ3v) is 4.41. The van der Waals surface area contributed by atoms with Crippen molar-refractivity contribution in [2.75, 3.05) is 17.2 Å². The first-order valence-electron chi connectivity index (χ1n) is 8.07. The zero-order valence-corrected chi connectivity index (χ0v) is 16.5. The van der Waals surface area contributed by atoms with E-state index in [0.717, 1.165) is 23.5 Å². The summed E-state index contributed by atoms with van der Waals surface area (Å²) in [5, 5.41) is 13.3. The molecule has 28 heavy (non-hydrogen) atoms. The molecule has 3 N–H and O–H groups in total. The Hall–Kier alpha value is -2.72. The minimum Gasteiger partial charge on any atom is -0.491 e. The van der Waals surface area contributed by atoms with Gasteiger partial charge in [-0.2, -0.15) is 0 Å². The number of ether oxygens (including phenoxy) is 1. The fourth-order valence-electron chi connectivity index (χ4n) is 1.95. The Labute approximate surface area is 168 Å². The number of aromatic nitrogens is 1. The molecular weight excluding hydrogens is 413 g/mol. The quantitative estimate of drug-likeness (QED) is 0.582. The number of amides is 2. The van der Waals surface area contributed by atoms with E-state index in [4.69, 9.17) is 21.4 Å². The molecule has 0 atom stereocenters. The van der Waals surface area contributed by atoms with Crippen molar-refractivity contribution < 1.29 is 28.6 Å². The third-order valence-electron chi connectivity index (χ3n) is 3.16. The van der Waals surface area contributed by atoms with Crippen LogP contribution in [0.3, 0.4) is 0 Å².